The van der Waals surface area contributed by atoms with E-state index in [1.807, 2.05) is 0 Å². The van der Waals surface area contributed by atoms with Gasteiger partial charge in [-0.3, -0.25) is 9.71 Å². The minimum Gasteiger partial charge on any atom is -0.318 e. The van der Waals surface area contributed by atoms with E-state index in [-0.39, 0.29) is 0 Å². The number of pyridine rings is 1. The fourth-order valence-electron chi connectivity index (χ4n) is 1.24. The van der Waals surface area contributed by atoms with Crippen molar-refractivity contribution in [3.8, 4) is 0 Å². The van der Waals surface area contributed by atoms with Crippen LogP contribution in [0.2, 0.25) is 0 Å². The second-order valence-corrected chi connectivity index (χ2v) is 5.75. The van der Waals surface area contributed by atoms with Gasteiger partial charge in [-0.05, 0) is 33.0 Å². The quantitative estimate of drug-likeness (QED) is 0.800. The summed E-state index contributed by atoms with van der Waals surface area (Å²) in [5.74, 6) is 0. The molecule has 0 aliphatic rings. The van der Waals surface area contributed by atoms with Crippen LogP contribution in [0.5, 0.6) is 0 Å². The Labute approximate surface area is 96.3 Å². The maximum Gasteiger partial charge on any atom is 0.236 e. The molecule has 0 aromatic carbocycles. The van der Waals surface area contributed by atoms with Gasteiger partial charge in [-0.2, -0.15) is 0 Å². The smallest absolute Gasteiger partial charge is 0.236 e. The van der Waals surface area contributed by atoms with E-state index < -0.39 is 15.3 Å². The first-order valence-corrected chi connectivity index (χ1v) is 6.60. The first-order valence-electron chi connectivity index (χ1n) is 5.05. The monoisotopic (exact) mass is 243 g/mol. The highest BCUT2D eigenvalue weighted by atomic mass is 32.2. The molecule has 0 saturated heterocycles. The molecule has 0 bridgehead atoms. The van der Waals surface area contributed by atoms with Gasteiger partial charge in [-0.15, -0.1) is 0 Å². The standard InChI is InChI=1S/C10H17N3O2S/c1-8(7-11-3)16(14,15)13-10-5-4-6-12-9(10)2/h4-6,8,11,13H,7H2,1-3H3. The highest BCUT2D eigenvalue weighted by Crippen LogP contribution is 2.14. The van der Waals surface area contributed by atoms with Crippen molar-refractivity contribution in [1.82, 2.24) is 10.3 Å². The van der Waals surface area contributed by atoms with Crippen molar-refractivity contribution in [3.05, 3.63) is 24.0 Å². The molecule has 0 saturated carbocycles. The number of hydrogen-bond donors (Lipinski definition) is 2. The van der Waals surface area contributed by atoms with Gasteiger partial charge in [0.2, 0.25) is 10.0 Å². The zero-order valence-electron chi connectivity index (χ0n) is 9.69. The first kappa shape index (κ1) is 12.9. The third-order valence-electron chi connectivity index (χ3n) is 2.28. The molecule has 0 fully saturated rings. The summed E-state index contributed by atoms with van der Waals surface area (Å²) >= 11 is 0. The van der Waals surface area contributed by atoms with Crippen molar-refractivity contribution < 1.29 is 8.42 Å². The van der Waals surface area contributed by atoms with Gasteiger partial charge in [-0.25, -0.2) is 8.42 Å². The lowest BCUT2D eigenvalue weighted by atomic mass is 10.3. The number of rotatable bonds is 5. The number of sulfonamides is 1. The molecule has 1 heterocycles. The summed E-state index contributed by atoms with van der Waals surface area (Å²) in [5.41, 5.74) is 1.20. The van der Waals surface area contributed by atoms with E-state index in [2.05, 4.69) is 15.0 Å². The lowest BCUT2D eigenvalue weighted by Crippen LogP contribution is -2.33. The number of aryl methyl sites for hydroxylation is 1. The van der Waals surface area contributed by atoms with Crippen LogP contribution < -0.4 is 10.0 Å². The van der Waals surface area contributed by atoms with Crippen LogP contribution in [0, 0.1) is 6.92 Å². The Morgan fingerprint density at radius 3 is 2.75 bits per heavy atom. The fraction of sp³-hybridized carbons (Fsp3) is 0.500. The third-order valence-corrected chi connectivity index (χ3v) is 4.01. The lowest BCUT2D eigenvalue weighted by Gasteiger charge is -2.15. The van der Waals surface area contributed by atoms with Crippen molar-refractivity contribution in [3.63, 3.8) is 0 Å². The Kier molecular flexibility index (Phi) is 4.26. The summed E-state index contributed by atoms with van der Waals surface area (Å²) < 4.78 is 26.3. The summed E-state index contributed by atoms with van der Waals surface area (Å²) in [4.78, 5) is 4.03. The van der Waals surface area contributed by atoms with Gasteiger partial charge in [-0.1, -0.05) is 0 Å². The largest absolute Gasteiger partial charge is 0.318 e. The Morgan fingerprint density at radius 1 is 1.50 bits per heavy atom. The predicted octanol–water partition coefficient (Wildman–Crippen LogP) is 0.740. The van der Waals surface area contributed by atoms with E-state index in [1.165, 1.54) is 0 Å². The molecule has 6 heteroatoms. The van der Waals surface area contributed by atoms with Gasteiger partial charge in [0, 0.05) is 12.7 Å². The van der Waals surface area contributed by atoms with Gasteiger partial charge in [0.25, 0.3) is 0 Å². The zero-order valence-corrected chi connectivity index (χ0v) is 10.5. The molecule has 1 aromatic rings. The molecule has 1 rings (SSSR count). The van der Waals surface area contributed by atoms with Gasteiger partial charge in [0.1, 0.15) is 0 Å². The van der Waals surface area contributed by atoms with Gasteiger partial charge >= 0.3 is 0 Å². The van der Waals surface area contributed by atoms with Crippen LogP contribution in [0.15, 0.2) is 18.3 Å². The summed E-state index contributed by atoms with van der Waals surface area (Å²) in [6.07, 6.45) is 1.63. The van der Waals surface area contributed by atoms with Crippen LogP contribution in [0.4, 0.5) is 5.69 Å². The Morgan fingerprint density at radius 2 is 2.19 bits per heavy atom. The fourth-order valence-corrected chi connectivity index (χ4v) is 2.35. The molecule has 16 heavy (non-hydrogen) atoms. The SMILES string of the molecule is CNCC(C)S(=O)(=O)Nc1cccnc1C. The molecular weight excluding hydrogens is 226 g/mol. The molecule has 5 nitrogen and oxygen atoms in total. The van der Waals surface area contributed by atoms with Crippen LogP contribution >= 0.6 is 0 Å². The summed E-state index contributed by atoms with van der Waals surface area (Å²) in [7, 11) is -1.63. The van der Waals surface area contributed by atoms with E-state index in [4.69, 9.17) is 0 Å². The molecule has 2 N–H and O–H groups in total. The van der Waals surface area contributed by atoms with Crippen molar-refractivity contribution in [2.24, 2.45) is 0 Å². The molecule has 90 valence electrons. The average Bonchev–Trinajstić information content (AvgIpc) is 2.21. The number of aromatic nitrogens is 1. The van der Waals surface area contributed by atoms with Crippen molar-refractivity contribution in [2.75, 3.05) is 18.3 Å². The summed E-state index contributed by atoms with van der Waals surface area (Å²) in [6.45, 7) is 3.83. The van der Waals surface area contributed by atoms with Gasteiger partial charge in [0.15, 0.2) is 0 Å². The molecular formula is C10H17N3O2S. The van der Waals surface area contributed by atoms with Crippen molar-refractivity contribution in [1.29, 1.82) is 0 Å². The van der Waals surface area contributed by atoms with E-state index in [0.29, 0.717) is 17.9 Å². The van der Waals surface area contributed by atoms with Gasteiger partial charge in [0.05, 0.1) is 16.6 Å². The Bertz CT molecular complexity index is 445. The van der Waals surface area contributed by atoms with E-state index >= 15 is 0 Å². The third kappa shape index (κ3) is 3.18. The van der Waals surface area contributed by atoms with Crippen molar-refractivity contribution in [2.45, 2.75) is 19.1 Å². The predicted molar refractivity (Wildman–Crippen MR) is 64.9 cm³/mol. The minimum absolute atomic E-state index is 0.411. The highest BCUT2D eigenvalue weighted by Gasteiger charge is 2.20. The maximum absolute atomic E-state index is 11.9. The summed E-state index contributed by atoms with van der Waals surface area (Å²) in [6, 6.07) is 3.40. The zero-order chi connectivity index (χ0) is 12.2. The topological polar surface area (TPSA) is 71.1 Å². The molecule has 0 amide bonds. The molecule has 0 radical (unpaired) electrons. The first-order chi connectivity index (χ1) is 7.47. The molecule has 0 spiro atoms. The molecule has 1 unspecified atom stereocenters. The van der Waals surface area contributed by atoms with E-state index in [1.54, 1.807) is 39.2 Å². The van der Waals surface area contributed by atoms with Crippen LogP contribution in [0.25, 0.3) is 0 Å². The van der Waals surface area contributed by atoms with Crippen LogP contribution in [0.3, 0.4) is 0 Å². The molecule has 0 aliphatic carbocycles. The van der Waals surface area contributed by atoms with Crippen LogP contribution in [-0.4, -0.2) is 32.2 Å². The molecule has 1 aromatic heterocycles. The van der Waals surface area contributed by atoms with Crippen LogP contribution in [0.1, 0.15) is 12.6 Å². The summed E-state index contributed by atoms with van der Waals surface area (Å²) in [5, 5.41) is 2.35. The molecule has 1 atom stereocenters. The lowest BCUT2D eigenvalue weighted by molar-refractivity contribution is 0.583. The van der Waals surface area contributed by atoms with E-state index in [9.17, 15) is 8.42 Å². The second-order valence-electron chi connectivity index (χ2n) is 3.65. The van der Waals surface area contributed by atoms with Gasteiger partial charge < -0.3 is 5.32 Å². The minimum atomic E-state index is -3.35. The Balaban J connectivity index is 2.85. The maximum atomic E-state index is 11.9. The number of nitrogens with one attached hydrogen (secondary N) is 2. The normalized spacial score (nSPS) is 13.4. The average molecular weight is 243 g/mol. The Hall–Kier alpha value is -1.14. The highest BCUT2D eigenvalue weighted by molar-refractivity contribution is 7.93. The van der Waals surface area contributed by atoms with Crippen LogP contribution in [-0.2, 0) is 10.0 Å². The number of nitrogens with zero attached hydrogens (tertiary/aromatic N) is 1. The second kappa shape index (κ2) is 5.27. The number of anilines is 1. The van der Waals surface area contributed by atoms with Crippen molar-refractivity contribution >= 4 is 15.7 Å². The molecule has 0 aliphatic heterocycles. The number of hydrogen-bond acceptors (Lipinski definition) is 4. The van der Waals surface area contributed by atoms with E-state index in [0.717, 1.165) is 0 Å².